The quantitative estimate of drug-likeness (QED) is 0.430. The van der Waals surface area contributed by atoms with Crippen LogP contribution in [-0.2, 0) is 4.74 Å². The van der Waals surface area contributed by atoms with E-state index >= 15 is 0 Å². The zero-order valence-corrected chi connectivity index (χ0v) is 20.3. The highest BCUT2D eigenvalue weighted by atomic mass is 16.5. The molecule has 2 aliphatic carbocycles. The normalized spacial score (nSPS) is 20.1. The molecule has 10 heteroatoms. The Hall–Kier alpha value is -3.40. The van der Waals surface area contributed by atoms with E-state index in [1.165, 1.54) is 6.20 Å². The SMILES string of the molecule is CCCO[C@H]1CC[C@@H](n2cccc(Nc3cc(NC)n4ncc(C(=O)NC5CC5)c4n3)c2=O)CC1. The van der Waals surface area contributed by atoms with E-state index in [1.54, 1.807) is 23.7 Å². The van der Waals surface area contributed by atoms with Gasteiger partial charge in [0.1, 0.15) is 22.9 Å². The lowest BCUT2D eigenvalue weighted by Gasteiger charge is -2.30. The van der Waals surface area contributed by atoms with Crippen molar-refractivity contribution in [2.75, 3.05) is 24.3 Å². The molecule has 186 valence electrons. The first-order valence-electron chi connectivity index (χ1n) is 12.5. The standard InChI is InChI=1S/C25H33N7O3/c1-3-13-35-18-10-8-17(9-11-18)31-12-4-5-20(25(31)34)29-21-14-22(26-2)32-23(30-21)19(15-27-32)24(33)28-16-6-7-16/h4-5,12,14-18,26H,3,6-11,13H2,1-2H3,(H,28,33)(H,29,30)/t17-,18+. The summed E-state index contributed by atoms with van der Waals surface area (Å²) in [6.07, 6.45) is 10.5. The van der Waals surface area contributed by atoms with Gasteiger partial charge >= 0.3 is 0 Å². The van der Waals surface area contributed by atoms with Crippen LogP contribution in [0.15, 0.2) is 35.4 Å². The van der Waals surface area contributed by atoms with E-state index in [2.05, 4.69) is 33.0 Å². The minimum Gasteiger partial charge on any atom is -0.378 e. The van der Waals surface area contributed by atoms with E-state index in [0.29, 0.717) is 34.6 Å². The van der Waals surface area contributed by atoms with Crippen LogP contribution in [0.25, 0.3) is 5.65 Å². The van der Waals surface area contributed by atoms with E-state index < -0.39 is 0 Å². The third kappa shape index (κ3) is 5.02. The van der Waals surface area contributed by atoms with Crippen molar-refractivity contribution in [2.24, 2.45) is 0 Å². The van der Waals surface area contributed by atoms with Crippen molar-refractivity contribution in [1.29, 1.82) is 0 Å². The fourth-order valence-corrected chi connectivity index (χ4v) is 4.66. The molecule has 3 N–H and O–H groups in total. The molecule has 3 heterocycles. The highest BCUT2D eigenvalue weighted by molar-refractivity contribution is 6.00. The van der Waals surface area contributed by atoms with Crippen LogP contribution in [0.4, 0.5) is 17.3 Å². The molecule has 1 amide bonds. The van der Waals surface area contributed by atoms with Gasteiger partial charge in [0, 0.05) is 38.0 Å². The van der Waals surface area contributed by atoms with Gasteiger partial charge < -0.3 is 25.3 Å². The minimum absolute atomic E-state index is 0.0849. The van der Waals surface area contributed by atoms with Gasteiger partial charge in [0.25, 0.3) is 11.5 Å². The zero-order valence-electron chi connectivity index (χ0n) is 20.3. The predicted molar refractivity (Wildman–Crippen MR) is 135 cm³/mol. The molecule has 0 radical (unpaired) electrons. The van der Waals surface area contributed by atoms with Gasteiger partial charge in [0.05, 0.1) is 12.3 Å². The van der Waals surface area contributed by atoms with Crippen LogP contribution >= 0.6 is 0 Å². The van der Waals surface area contributed by atoms with E-state index in [0.717, 1.165) is 51.6 Å². The number of amides is 1. The fraction of sp³-hybridized carbons (Fsp3) is 0.520. The number of rotatable bonds is 9. The lowest BCUT2D eigenvalue weighted by molar-refractivity contribution is 0.0195. The maximum atomic E-state index is 13.3. The second kappa shape index (κ2) is 10.1. The van der Waals surface area contributed by atoms with Gasteiger partial charge in [-0.15, -0.1) is 0 Å². The summed E-state index contributed by atoms with van der Waals surface area (Å²) in [4.78, 5) is 30.7. The molecule has 0 saturated heterocycles. The fourth-order valence-electron chi connectivity index (χ4n) is 4.66. The molecular weight excluding hydrogens is 446 g/mol. The lowest BCUT2D eigenvalue weighted by Crippen LogP contribution is -2.30. The molecule has 0 atom stereocenters. The minimum atomic E-state index is -0.185. The van der Waals surface area contributed by atoms with Gasteiger partial charge in [-0.3, -0.25) is 9.59 Å². The van der Waals surface area contributed by atoms with Gasteiger partial charge in [-0.2, -0.15) is 9.61 Å². The van der Waals surface area contributed by atoms with Gasteiger partial charge in [-0.25, -0.2) is 4.98 Å². The second-order valence-electron chi connectivity index (χ2n) is 9.38. The van der Waals surface area contributed by atoms with Gasteiger partial charge in [0.2, 0.25) is 0 Å². The van der Waals surface area contributed by atoms with Crippen LogP contribution < -0.4 is 21.5 Å². The molecule has 3 aromatic heterocycles. The number of hydrogen-bond donors (Lipinski definition) is 3. The largest absolute Gasteiger partial charge is 0.378 e. The number of ether oxygens (including phenoxy) is 1. The van der Waals surface area contributed by atoms with Crippen LogP contribution in [0.1, 0.15) is 68.3 Å². The first kappa shape index (κ1) is 23.3. The predicted octanol–water partition coefficient (Wildman–Crippen LogP) is 3.48. The number of anilines is 3. The molecular formula is C25H33N7O3. The van der Waals surface area contributed by atoms with Crippen molar-refractivity contribution in [2.45, 2.75) is 70.1 Å². The number of aromatic nitrogens is 4. The lowest BCUT2D eigenvalue weighted by atomic mass is 9.92. The average Bonchev–Trinajstić information content (AvgIpc) is 3.58. The summed E-state index contributed by atoms with van der Waals surface area (Å²) in [6.45, 7) is 2.91. The van der Waals surface area contributed by atoms with Crippen LogP contribution in [0, 0.1) is 0 Å². The topological polar surface area (TPSA) is 115 Å². The summed E-state index contributed by atoms with van der Waals surface area (Å²) in [5.41, 5.74) is 1.20. The summed E-state index contributed by atoms with van der Waals surface area (Å²) in [7, 11) is 1.78. The number of nitrogens with zero attached hydrogens (tertiary/aromatic N) is 4. The number of carbonyl (C=O) groups excluding carboxylic acids is 1. The highest BCUT2D eigenvalue weighted by Crippen LogP contribution is 2.30. The first-order valence-corrected chi connectivity index (χ1v) is 12.5. The maximum Gasteiger partial charge on any atom is 0.274 e. The monoisotopic (exact) mass is 479 g/mol. The van der Waals surface area contributed by atoms with Crippen LogP contribution in [-0.4, -0.2) is 50.9 Å². The van der Waals surface area contributed by atoms with Crippen molar-refractivity contribution in [1.82, 2.24) is 24.5 Å². The Morgan fingerprint density at radius 1 is 1.20 bits per heavy atom. The van der Waals surface area contributed by atoms with Gasteiger partial charge in [-0.1, -0.05) is 6.92 Å². The Bertz CT molecular complexity index is 1260. The van der Waals surface area contributed by atoms with E-state index in [9.17, 15) is 9.59 Å². The Labute approximate surface area is 204 Å². The molecule has 0 spiro atoms. The number of fused-ring (bicyclic) bond motifs is 1. The summed E-state index contributed by atoms with van der Waals surface area (Å²) < 4.78 is 9.32. The Balaban J connectivity index is 1.38. The van der Waals surface area contributed by atoms with E-state index in [-0.39, 0.29) is 23.6 Å². The molecule has 35 heavy (non-hydrogen) atoms. The van der Waals surface area contributed by atoms with E-state index in [1.807, 2.05) is 16.8 Å². The van der Waals surface area contributed by atoms with Gasteiger partial charge in [-0.05, 0) is 57.1 Å². The molecule has 5 rings (SSSR count). The molecule has 10 nitrogen and oxygen atoms in total. The molecule has 0 aromatic carbocycles. The third-order valence-corrected chi connectivity index (χ3v) is 6.72. The molecule has 0 bridgehead atoms. The molecule has 2 aliphatic rings. The summed E-state index contributed by atoms with van der Waals surface area (Å²) in [6, 6.07) is 5.81. The number of hydrogen-bond acceptors (Lipinski definition) is 7. The molecule has 0 unspecified atom stereocenters. The molecule has 0 aliphatic heterocycles. The van der Waals surface area contributed by atoms with Gasteiger partial charge in [0.15, 0.2) is 5.65 Å². The smallest absolute Gasteiger partial charge is 0.274 e. The van der Waals surface area contributed by atoms with Crippen LogP contribution in [0.5, 0.6) is 0 Å². The van der Waals surface area contributed by atoms with Crippen molar-refractivity contribution in [3.63, 3.8) is 0 Å². The molecule has 2 fully saturated rings. The summed E-state index contributed by atoms with van der Waals surface area (Å²) in [5, 5.41) is 13.6. The number of nitrogens with one attached hydrogen (secondary N) is 3. The van der Waals surface area contributed by atoms with Crippen molar-refractivity contribution in [3.05, 3.63) is 46.5 Å². The second-order valence-corrected chi connectivity index (χ2v) is 9.38. The van der Waals surface area contributed by atoms with Crippen LogP contribution in [0.2, 0.25) is 0 Å². The zero-order chi connectivity index (χ0) is 24.4. The Morgan fingerprint density at radius 3 is 2.71 bits per heavy atom. The maximum absolute atomic E-state index is 13.3. The van der Waals surface area contributed by atoms with Crippen LogP contribution in [0.3, 0.4) is 0 Å². The highest BCUT2D eigenvalue weighted by Gasteiger charge is 2.27. The number of carbonyl (C=O) groups is 1. The molecule has 2 saturated carbocycles. The first-order chi connectivity index (χ1) is 17.1. The van der Waals surface area contributed by atoms with Crippen molar-refractivity contribution >= 4 is 28.9 Å². The Kier molecular flexibility index (Phi) is 6.72. The van der Waals surface area contributed by atoms with Crippen molar-refractivity contribution in [3.8, 4) is 0 Å². The summed E-state index contributed by atoms with van der Waals surface area (Å²) >= 11 is 0. The number of pyridine rings is 1. The summed E-state index contributed by atoms with van der Waals surface area (Å²) in [5.74, 6) is 0.939. The Morgan fingerprint density at radius 2 is 2.00 bits per heavy atom. The van der Waals surface area contributed by atoms with Crippen molar-refractivity contribution < 1.29 is 9.53 Å². The molecule has 3 aromatic rings. The van der Waals surface area contributed by atoms with E-state index in [4.69, 9.17) is 4.74 Å². The third-order valence-electron chi connectivity index (χ3n) is 6.72. The average molecular weight is 480 g/mol.